The average Bonchev–Trinajstić information content (AvgIpc) is 3.04. The highest BCUT2D eigenvalue weighted by Gasteiger charge is 2.18. The Morgan fingerprint density at radius 2 is 2.04 bits per heavy atom. The molecular formula is C20H21ClN2O3. The summed E-state index contributed by atoms with van der Waals surface area (Å²) >= 11 is 6.03. The van der Waals surface area contributed by atoms with Crippen molar-refractivity contribution >= 4 is 34.1 Å². The molecule has 1 N–H and O–H groups in total. The fourth-order valence-electron chi connectivity index (χ4n) is 2.88. The molecule has 1 unspecified atom stereocenters. The number of methoxy groups -OCH3 is 1. The molecule has 0 aliphatic rings. The van der Waals surface area contributed by atoms with Crippen molar-refractivity contribution in [2.45, 2.75) is 19.9 Å². The van der Waals surface area contributed by atoms with Crippen LogP contribution in [0.5, 0.6) is 11.5 Å². The molecule has 0 aliphatic heterocycles. The van der Waals surface area contributed by atoms with E-state index >= 15 is 0 Å². The third-order valence-corrected chi connectivity index (χ3v) is 4.45. The Bertz CT molecular complexity index is 936. The number of carbonyl (C=O) groups excluding carboxylic acids is 1. The molecule has 1 heterocycles. The first-order valence-corrected chi connectivity index (χ1v) is 8.79. The molecule has 0 saturated heterocycles. The summed E-state index contributed by atoms with van der Waals surface area (Å²) in [5.41, 5.74) is 1.51. The van der Waals surface area contributed by atoms with Crippen LogP contribution in [0.15, 0.2) is 48.7 Å². The fraction of sp³-hybridized carbons (Fsp3) is 0.250. The molecule has 26 heavy (non-hydrogen) atoms. The number of anilines is 1. The van der Waals surface area contributed by atoms with Crippen molar-refractivity contribution in [3.8, 4) is 11.5 Å². The fourth-order valence-corrected chi connectivity index (χ4v) is 3.05. The largest absolute Gasteiger partial charge is 0.495 e. The lowest BCUT2D eigenvalue weighted by atomic mass is 10.2. The van der Waals surface area contributed by atoms with Crippen LogP contribution < -0.4 is 14.8 Å². The Morgan fingerprint density at radius 1 is 1.23 bits per heavy atom. The molecular weight excluding hydrogens is 352 g/mol. The van der Waals surface area contributed by atoms with Crippen LogP contribution in [0.3, 0.4) is 0 Å². The van der Waals surface area contributed by atoms with Gasteiger partial charge in [-0.3, -0.25) is 4.79 Å². The molecule has 0 fully saturated rings. The van der Waals surface area contributed by atoms with Crippen LogP contribution in [0.1, 0.15) is 19.9 Å². The summed E-state index contributed by atoms with van der Waals surface area (Å²) in [6, 6.07) is 12.5. The number of carbonyl (C=O) groups is 1. The lowest BCUT2D eigenvalue weighted by molar-refractivity contribution is -0.118. The van der Waals surface area contributed by atoms with Crippen LogP contribution in [-0.4, -0.2) is 24.2 Å². The molecule has 1 amide bonds. The van der Waals surface area contributed by atoms with Gasteiger partial charge in [0.15, 0.2) is 0 Å². The highest BCUT2D eigenvalue weighted by molar-refractivity contribution is 6.31. The molecule has 0 saturated carbocycles. The van der Waals surface area contributed by atoms with E-state index in [-0.39, 0.29) is 5.91 Å². The van der Waals surface area contributed by atoms with E-state index in [4.69, 9.17) is 21.1 Å². The van der Waals surface area contributed by atoms with E-state index in [1.807, 2.05) is 48.9 Å². The van der Waals surface area contributed by atoms with Gasteiger partial charge in [-0.2, -0.15) is 0 Å². The van der Waals surface area contributed by atoms with E-state index in [2.05, 4.69) is 5.32 Å². The molecule has 6 heteroatoms. The predicted molar refractivity (Wildman–Crippen MR) is 104 cm³/mol. The maximum Gasteiger partial charge on any atom is 0.247 e. The van der Waals surface area contributed by atoms with Crippen LogP contribution in [-0.2, 0) is 4.79 Å². The second kappa shape index (κ2) is 7.70. The summed E-state index contributed by atoms with van der Waals surface area (Å²) in [4.78, 5) is 12.7. The molecule has 0 bridgehead atoms. The van der Waals surface area contributed by atoms with Crippen molar-refractivity contribution in [1.29, 1.82) is 0 Å². The first-order chi connectivity index (χ1) is 12.5. The summed E-state index contributed by atoms with van der Waals surface area (Å²) in [5.74, 6) is 1.23. The second-order valence-corrected chi connectivity index (χ2v) is 6.32. The summed E-state index contributed by atoms with van der Waals surface area (Å²) in [5, 5.41) is 4.45. The summed E-state index contributed by atoms with van der Waals surface area (Å²) in [7, 11) is 1.55. The smallest absolute Gasteiger partial charge is 0.247 e. The number of fused-ring (bicyclic) bond motifs is 1. The summed E-state index contributed by atoms with van der Waals surface area (Å²) in [6.45, 7) is 4.42. The van der Waals surface area contributed by atoms with Gasteiger partial charge >= 0.3 is 0 Å². The number of halogens is 1. The number of hydrogen-bond acceptors (Lipinski definition) is 3. The average molecular weight is 373 g/mol. The molecule has 136 valence electrons. The van der Waals surface area contributed by atoms with Gasteiger partial charge in [-0.25, -0.2) is 0 Å². The van der Waals surface area contributed by atoms with E-state index in [1.54, 1.807) is 25.3 Å². The van der Waals surface area contributed by atoms with Crippen molar-refractivity contribution < 1.29 is 14.3 Å². The number of ether oxygens (including phenoxy) is 2. The van der Waals surface area contributed by atoms with E-state index in [0.717, 1.165) is 16.7 Å². The Kier molecular flexibility index (Phi) is 5.38. The number of benzene rings is 2. The van der Waals surface area contributed by atoms with Crippen molar-refractivity contribution in [2.24, 2.45) is 0 Å². The van der Waals surface area contributed by atoms with Crippen LogP contribution in [0.2, 0.25) is 5.02 Å². The number of aromatic nitrogens is 1. The van der Waals surface area contributed by atoms with Crippen LogP contribution in [0.4, 0.5) is 5.69 Å². The lowest BCUT2D eigenvalue weighted by Gasteiger charge is -2.17. The molecule has 2 aromatic carbocycles. The SMILES string of the molecule is CCOc1ccc2c(ccn2C(C)C(=O)Nc2cc(Cl)ccc2OC)c1. The van der Waals surface area contributed by atoms with E-state index in [1.165, 1.54) is 0 Å². The van der Waals surface area contributed by atoms with Gasteiger partial charge in [0, 0.05) is 22.1 Å². The van der Waals surface area contributed by atoms with Gasteiger partial charge in [0.25, 0.3) is 0 Å². The Morgan fingerprint density at radius 3 is 2.77 bits per heavy atom. The van der Waals surface area contributed by atoms with Crippen LogP contribution in [0.25, 0.3) is 10.9 Å². The summed E-state index contributed by atoms with van der Waals surface area (Å²) < 4.78 is 12.7. The first-order valence-electron chi connectivity index (χ1n) is 8.41. The van der Waals surface area contributed by atoms with Crippen molar-refractivity contribution in [3.63, 3.8) is 0 Å². The van der Waals surface area contributed by atoms with Crippen molar-refractivity contribution in [2.75, 3.05) is 19.0 Å². The third-order valence-electron chi connectivity index (χ3n) is 4.22. The van der Waals surface area contributed by atoms with Crippen molar-refractivity contribution in [1.82, 2.24) is 4.57 Å². The van der Waals surface area contributed by atoms with E-state index in [9.17, 15) is 4.79 Å². The second-order valence-electron chi connectivity index (χ2n) is 5.89. The van der Waals surface area contributed by atoms with Gasteiger partial charge in [0.1, 0.15) is 17.5 Å². The standard InChI is InChI=1S/C20H21ClN2O3/c1-4-26-16-6-7-18-14(11-16)9-10-23(18)13(2)20(24)22-17-12-15(21)5-8-19(17)25-3/h5-13H,4H2,1-3H3,(H,22,24). The summed E-state index contributed by atoms with van der Waals surface area (Å²) in [6.07, 6.45) is 1.90. The molecule has 5 nitrogen and oxygen atoms in total. The number of nitrogens with zero attached hydrogens (tertiary/aromatic N) is 1. The van der Waals surface area contributed by atoms with Gasteiger partial charge in [-0.15, -0.1) is 0 Å². The predicted octanol–water partition coefficient (Wildman–Crippen LogP) is 4.90. The Labute approximate surface area is 157 Å². The van der Waals surface area contributed by atoms with E-state index in [0.29, 0.717) is 23.1 Å². The van der Waals surface area contributed by atoms with Gasteiger partial charge in [-0.05, 0) is 56.3 Å². The lowest BCUT2D eigenvalue weighted by Crippen LogP contribution is -2.23. The Balaban J connectivity index is 1.85. The molecule has 1 atom stereocenters. The minimum absolute atomic E-state index is 0.156. The van der Waals surface area contributed by atoms with Crippen LogP contribution >= 0.6 is 11.6 Å². The Hall–Kier alpha value is -2.66. The maximum absolute atomic E-state index is 12.7. The molecule has 0 spiro atoms. The monoisotopic (exact) mass is 372 g/mol. The number of hydrogen-bond donors (Lipinski definition) is 1. The van der Waals surface area contributed by atoms with E-state index < -0.39 is 6.04 Å². The minimum atomic E-state index is -0.408. The topological polar surface area (TPSA) is 52.5 Å². The number of rotatable bonds is 6. The normalized spacial score (nSPS) is 12.0. The van der Waals surface area contributed by atoms with Crippen LogP contribution in [0, 0.1) is 0 Å². The zero-order valence-corrected chi connectivity index (χ0v) is 15.7. The van der Waals surface area contributed by atoms with Gasteiger partial charge < -0.3 is 19.4 Å². The third kappa shape index (κ3) is 3.63. The van der Waals surface area contributed by atoms with Gasteiger partial charge in [0.2, 0.25) is 5.91 Å². The minimum Gasteiger partial charge on any atom is -0.495 e. The quantitative estimate of drug-likeness (QED) is 0.669. The number of nitrogens with one attached hydrogen (secondary N) is 1. The highest BCUT2D eigenvalue weighted by Crippen LogP contribution is 2.29. The molecule has 1 aromatic heterocycles. The molecule has 3 rings (SSSR count). The number of amides is 1. The molecule has 0 aliphatic carbocycles. The zero-order valence-electron chi connectivity index (χ0n) is 15.0. The van der Waals surface area contributed by atoms with Gasteiger partial charge in [-0.1, -0.05) is 11.6 Å². The van der Waals surface area contributed by atoms with Gasteiger partial charge in [0.05, 0.1) is 19.4 Å². The maximum atomic E-state index is 12.7. The highest BCUT2D eigenvalue weighted by atomic mass is 35.5. The molecule has 3 aromatic rings. The zero-order chi connectivity index (χ0) is 18.7. The molecule has 0 radical (unpaired) electrons. The first kappa shape index (κ1) is 18.1. The van der Waals surface area contributed by atoms with Crippen molar-refractivity contribution in [3.05, 3.63) is 53.7 Å².